The molecule has 21 heavy (non-hydrogen) atoms. The van der Waals surface area contributed by atoms with E-state index in [1.165, 1.54) is 13.4 Å². The van der Waals surface area contributed by atoms with Gasteiger partial charge >= 0.3 is 6.03 Å². The minimum absolute atomic E-state index is 0.395. The molecule has 1 atom stereocenters. The zero-order valence-electron chi connectivity index (χ0n) is 11.5. The van der Waals surface area contributed by atoms with Gasteiger partial charge in [-0.05, 0) is 31.2 Å². The van der Waals surface area contributed by atoms with Crippen LogP contribution in [0.1, 0.15) is 6.92 Å². The number of carbonyl (C=O) groups excluding carboxylic acids is 2. The number of hydrogen-bond donors (Lipinski definition) is 2. The Kier molecular flexibility index (Phi) is 4.50. The Bertz CT molecular complexity index is 610. The predicted octanol–water partition coefficient (Wildman–Crippen LogP) is 0.959. The van der Waals surface area contributed by atoms with Gasteiger partial charge in [0.2, 0.25) is 12.3 Å². The number of hydrogen-bond acceptors (Lipinski definition) is 6. The molecule has 1 aromatic heterocycles. The fourth-order valence-electron chi connectivity index (χ4n) is 1.51. The fraction of sp³-hybridized carbons (Fsp3) is 0.231. The predicted molar refractivity (Wildman–Crippen MR) is 72.4 cm³/mol. The molecule has 0 radical (unpaired) electrons. The third-order valence-corrected chi connectivity index (χ3v) is 2.61. The lowest BCUT2D eigenvalue weighted by molar-refractivity contribution is -0.126. The topological polar surface area (TPSA) is 106 Å². The maximum Gasteiger partial charge on any atom is 0.321 e. The zero-order valence-corrected chi connectivity index (χ0v) is 11.5. The van der Waals surface area contributed by atoms with Gasteiger partial charge in [0.05, 0.1) is 0 Å². The Balaban J connectivity index is 1.97. The summed E-state index contributed by atoms with van der Waals surface area (Å²) in [7, 11) is 1.42. The van der Waals surface area contributed by atoms with Crippen molar-refractivity contribution in [3.63, 3.8) is 0 Å². The molecule has 110 valence electrons. The Morgan fingerprint density at radius 2 is 2.00 bits per heavy atom. The van der Waals surface area contributed by atoms with Crippen molar-refractivity contribution in [3.05, 3.63) is 30.7 Å². The Labute approximate surface area is 120 Å². The molecule has 0 fully saturated rings. The van der Waals surface area contributed by atoms with Crippen LogP contribution in [0.4, 0.5) is 4.79 Å². The minimum atomic E-state index is -0.809. The van der Waals surface area contributed by atoms with Crippen LogP contribution in [0, 0.1) is 0 Å². The summed E-state index contributed by atoms with van der Waals surface area (Å²) in [6, 6.07) is 6.22. The zero-order chi connectivity index (χ0) is 15.2. The summed E-state index contributed by atoms with van der Waals surface area (Å²) in [4.78, 5) is 22.7. The smallest absolute Gasteiger partial charge is 0.321 e. The molecule has 1 aromatic carbocycles. The molecule has 2 N–H and O–H groups in total. The monoisotopic (exact) mass is 290 g/mol. The molecule has 0 aliphatic carbocycles. The highest BCUT2D eigenvalue weighted by molar-refractivity contribution is 5.96. The van der Waals surface area contributed by atoms with Gasteiger partial charge in [0.1, 0.15) is 5.75 Å². The molecule has 2 aromatic rings. The third kappa shape index (κ3) is 3.78. The number of carbonyl (C=O) groups is 2. The summed E-state index contributed by atoms with van der Waals surface area (Å²) in [5, 5.41) is 11.8. The largest absolute Gasteiger partial charge is 0.481 e. The summed E-state index contributed by atoms with van der Waals surface area (Å²) in [6.07, 6.45) is 0.432. The Hall–Kier alpha value is -2.90. The molecule has 8 nitrogen and oxygen atoms in total. The maximum atomic E-state index is 11.6. The number of imide groups is 1. The highest BCUT2D eigenvalue weighted by Gasteiger charge is 2.16. The number of nitrogens with one attached hydrogen (secondary N) is 2. The van der Waals surface area contributed by atoms with E-state index in [2.05, 4.69) is 20.8 Å². The molecule has 0 aliphatic heterocycles. The van der Waals surface area contributed by atoms with Gasteiger partial charge in [0.25, 0.3) is 5.91 Å². The summed E-state index contributed by atoms with van der Waals surface area (Å²) in [5.41, 5.74) is 0.738. The molecule has 3 amide bonds. The second-order valence-corrected chi connectivity index (χ2v) is 4.10. The van der Waals surface area contributed by atoms with E-state index < -0.39 is 18.0 Å². The van der Waals surface area contributed by atoms with Gasteiger partial charge in [0, 0.05) is 12.6 Å². The van der Waals surface area contributed by atoms with Gasteiger partial charge in [-0.25, -0.2) is 4.79 Å². The number of ether oxygens (including phenoxy) is 1. The van der Waals surface area contributed by atoms with Crippen LogP contribution in [0.15, 0.2) is 35.1 Å². The quantitative estimate of drug-likeness (QED) is 0.868. The van der Waals surface area contributed by atoms with Crippen LogP contribution < -0.4 is 15.4 Å². The van der Waals surface area contributed by atoms with E-state index in [0.717, 1.165) is 5.56 Å². The average Bonchev–Trinajstić information content (AvgIpc) is 3.02. The van der Waals surface area contributed by atoms with Crippen molar-refractivity contribution in [2.45, 2.75) is 13.0 Å². The minimum Gasteiger partial charge on any atom is -0.481 e. The van der Waals surface area contributed by atoms with Gasteiger partial charge in [-0.3, -0.25) is 10.1 Å². The maximum absolute atomic E-state index is 11.6. The first kappa shape index (κ1) is 14.5. The fourth-order valence-corrected chi connectivity index (χ4v) is 1.51. The van der Waals surface area contributed by atoms with E-state index in [-0.39, 0.29) is 0 Å². The molecule has 0 aliphatic rings. The van der Waals surface area contributed by atoms with Crippen molar-refractivity contribution < 1.29 is 18.7 Å². The van der Waals surface area contributed by atoms with Crippen LogP contribution in [0.25, 0.3) is 11.5 Å². The van der Waals surface area contributed by atoms with Crippen molar-refractivity contribution in [1.29, 1.82) is 0 Å². The normalized spacial score (nSPS) is 11.5. The number of rotatable bonds is 4. The number of nitrogens with zero attached hydrogens (tertiary/aromatic N) is 2. The molecule has 0 bridgehead atoms. The van der Waals surface area contributed by atoms with Gasteiger partial charge in [0.15, 0.2) is 6.10 Å². The molecule has 0 spiro atoms. The van der Waals surface area contributed by atoms with Crippen molar-refractivity contribution in [2.75, 3.05) is 7.05 Å². The first-order valence-electron chi connectivity index (χ1n) is 6.16. The first-order valence-corrected chi connectivity index (χ1v) is 6.16. The molecule has 1 heterocycles. The molecular formula is C13H14N4O4. The van der Waals surface area contributed by atoms with Crippen LogP contribution in [0.5, 0.6) is 5.75 Å². The van der Waals surface area contributed by atoms with Crippen LogP contribution in [-0.4, -0.2) is 35.3 Å². The van der Waals surface area contributed by atoms with Gasteiger partial charge in [-0.1, -0.05) is 0 Å². The molecule has 0 saturated carbocycles. The lowest BCUT2D eigenvalue weighted by atomic mass is 10.2. The molecular weight excluding hydrogens is 276 g/mol. The second kappa shape index (κ2) is 6.51. The van der Waals surface area contributed by atoms with Crippen LogP contribution in [0.3, 0.4) is 0 Å². The summed E-state index contributed by atoms with van der Waals surface area (Å²) < 4.78 is 10.5. The lowest BCUT2D eigenvalue weighted by Gasteiger charge is -2.14. The molecule has 2 rings (SSSR count). The van der Waals surface area contributed by atoms with Crippen molar-refractivity contribution in [3.8, 4) is 17.2 Å². The second-order valence-electron chi connectivity index (χ2n) is 4.10. The summed E-state index contributed by atoms with van der Waals surface area (Å²) in [6.45, 7) is 1.55. The summed E-state index contributed by atoms with van der Waals surface area (Å²) >= 11 is 0. The molecule has 8 heteroatoms. The van der Waals surface area contributed by atoms with Crippen molar-refractivity contribution in [1.82, 2.24) is 20.8 Å². The van der Waals surface area contributed by atoms with Crippen LogP contribution in [0.2, 0.25) is 0 Å². The number of benzene rings is 1. The Morgan fingerprint density at radius 3 is 2.57 bits per heavy atom. The standard InChI is InChI=1S/C13H14N4O4/c1-8(11(18)16-13(19)14-2)21-10-5-3-9(4-6-10)12-17-15-7-20-12/h3-8H,1-2H3,(H2,14,16,18,19)/t8-/m1/s1. The number of amides is 3. The van der Waals surface area contributed by atoms with E-state index in [0.29, 0.717) is 11.6 Å². The van der Waals surface area contributed by atoms with E-state index in [4.69, 9.17) is 9.15 Å². The third-order valence-electron chi connectivity index (χ3n) is 2.61. The van der Waals surface area contributed by atoms with E-state index >= 15 is 0 Å². The van der Waals surface area contributed by atoms with E-state index in [9.17, 15) is 9.59 Å². The highest BCUT2D eigenvalue weighted by Crippen LogP contribution is 2.20. The number of aromatic nitrogens is 2. The SMILES string of the molecule is CNC(=O)NC(=O)[C@@H](C)Oc1ccc(-c2nnco2)cc1. The van der Waals surface area contributed by atoms with E-state index in [1.54, 1.807) is 31.2 Å². The Morgan fingerprint density at radius 1 is 1.29 bits per heavy atom. The number of urea groups is 1. The molecule has 0 unspecified atom stereocenters. The van der Waals surface area contributed by atoms with Gasteiger partial charge in [-0.2, -0.15) is 0 Å². The first-order chi connectivity index (χ1) is 10.1. The van der Waals surface area contributed by atoms with Gasteiger partial charge in [-0.15, -0.1) is 10.2 Å². The van der Waals surface area contributed by atoms with Crippen LogP contribution in [-0.2, 0) is 4.79 Å². The van der Waals surface area contributed by atoms with E-state index in [1.807, 2.05) is 0 Å². The summed E-state index contributed by atoms with van der Waals surface area (Å²) in [5.74, 6) is 0.347. The van der Waals surface area contributed by atoms with Crippen molar-refractivity contribution >= 4 is 11.9 Å². The molecule has 0 saturated heterocycles. The average molecular weight is 290 g/mol. The lowest BCUT2D eigenvalue weighted by Crippen LogP contribution is -2.43. The van der Waals surface area contributed by atoms with Crippen molar-refractivity contribution in [2.24, 2.45) is 0 Å². The van der Waals surface area contributed by atoms with Gasteiger partial charge < -0.3 is 14.5 Å². The highest BCUT2D eigenvalue weighted by atomic mass is 16.5. The van der Waals surface area contributed by atoms with Crippen LogP contribution >= 0.6 is 0 Å².